The lowest BCUT2D eigenvalue weighted by Gasteiger charge is -2.17. The summed E-state index contributed by atoms with van der Waals surface area (Å²) < 4.78 is 9.69. The number of aromatic amines is 1. The lowest BCUT2D eigenvalue weighted by Crippen LogP contribution is -2.43. The van der Waals surface area contributed by atoms with Gasteiger partial charge in [0, 0.05) is 29.1 Å². The van der Waals surface area contributed by atoms with Crippen molar-refractivity contribution in [1.29, 1.82) is 0 Å². The normalized spacial score (nSPS) is 14.1. The van der Waals surface area contributed by atoms with E-state index in [1.165, 1.54) is 14.2 Å². The molecule has 1 aromatic heterocycles. The Hall–Kier alpha value is -4.66. The third kappa shape index (κ3) is 5.16. The Balaban J connectivity index is 1.64. The van der Waals surface area contributed by atoms with Crippen LogP contribution in [-0.4, -0.2) is 49.0 Å². The lowest BCUT2D eigenvalue weighted by molar-refractivity contribution is -0.142. The third-order valence-electron chi connectivity index (χ3n) is 6.29. The molecule has 1 aliphatic heterocycles. The molecule has 37 heavy (non-hydrogen) atoms. The van der Waals surface area contributed by atoms with Gasteiger partial charge in [0.1, 0.15) is 6.04 Å². The maximum absolute atomic E-state index is 13.3. The first-order valence-electron chi connectivity index (χ1n) is 11.6. The molecule has 2 heterocycles. The number of H-pyrrole nitrogens is 1. The summed E-state index contributed by atoms with van der Waals surface area (Å²) in [6, 6.07) is 13.3. The maximum atomic E-state index is 13.3. The number of benzene rings is 2. The van der Waals surface area contributed by atoms with Gasteiger partial charge in [-0.15, -0.1) is 0 Å². The van der Waals surface area contributed by atoms with Crippen molar-refractivity contribution in [3.05, 3.63) is 87.7 Å². The Bertz CT molecular complexity index is 1420. The molecule has 3 aromatic rings. The molecule has 0 spiro atoms. The van der Waals surface area contributed by atoms with E-state index in [2.05, 4.69) is 15.6 Å². The number of aryl methyl sites for hydroxylation is 1. The Labute approximate surface area is 213 Å². The Morgan fingerprint density at radius 3 is 2.43 bits per heavy atom. The van der Waals surface area contributed by atoms with Crippen LogP contribution < -0.4 is 10.6 Å². The van der Waals surface area contributed by atoms with Crippen molar-refractivity contribution in [2.24, 2.45) is 0 Å². The van der Waals surface area contributed by atoms with Gasteiger partial charge in [-0.05, 0) is 49.2 Å². The number of aromatic nitrogens is 1. The average molecular weight is 502 g/mol. The first-order valence-corrected chi connectivity index (χ1v) is 11.6. The van der Waals surface area contributed by atoms with Crippen LogP contribution in [0.5, 0.6) is 0 Å². The number of carbonyl (C=O) groups is 4. The molecular weight excluding hydrogens is 474 g/mol. The predicted molar refractivity (Wildman–Crippen MR) is 138 cm³/mol. The number of anilines is 1. The van der Waals surface area contributed by atoms with Gasteiger partial charge < -0.3 is 25.1 Å². The van der Waals surface area contributed by atoms with Crippen molar-refractivity contribution in [2.75, 3.05) is 19.5 Å². The van der Waals surface area contributed by atoms with Crippen LogP contribution in [0.2, 0.25) is 0 Å². The molecule has 0 aliphatic carbocycles. The topological polar surface area (TPSA) is 127 Å². The number of carbonyl (C=O) groups excluding carboxylic acids is 4. The van der Waals surface area contributed by atoms with E-state index in [-0.39, 0.29) is 12.3 Å². The molecule has 4 rings (SSSR count). The van der Waals surface area contributed by atoms with E-state index in [0.717, 1.165) is 5.56 Å². The zero-order valence-electron chi connectivity index (χ0n) is 20.9. The van der Waals surface area contributed by atoms with Crippen LogP contribution in [0.4, 0.5) is 5.69 Å². The second kappa shape index (κ2) is 10.5. The fraction of sp³-hybridized carbons (Fsp3) is 0.214. The molecule has 0 saturated heterocycles. The van der Waals surface area contributed by atoms with Gasteiger partial charge in [0.15, 0.2) is 0 Å². The van der Waals surface area contributed by atoms with Crippen LogP contribution in [0.3, 0.4) is 0 Å². The van der Waals surface area contributed by atoms with Crippen molar-refractivity contribution in [3.8, 4) is 0 Å². The van der Waals surface area contributed by atoms with Crippen molar-refractivity contribution < 1.29 is 28.7 Å². The number of hydrogen-bond acceptors (Lipinski definition) is 6. The molecule has 9 nitrogen and oxygen atoms in total. The molecule has 0 fully saturated rings. The molecule has 0 radical (unpaired) electrons. The predicted octanol–water partition coefficient (Wildman–Crippen LogP) is 3.42. The van der Waals surface area contributed by atoms with E-state index in [1.807, 2.05) is 30.3 Å². The number of methoxy groups -OCH3 is 2. The zero-order chi connectivity index (χ0) is 26.7. The Morgan fingerprint density at radius 2 is 1.76 bits per heavy atom. The van der Waals surface area contributed by atoms with Crippen LogP contribution in [0, 0.1) is 13.8 Å². The van der Waals surface area contributed by atoms with Gasteiger partial charge in [0.05, 0.1) is 30.9 Å². The number of rotatable bonds is 7. The number of hydrogen-bond donors (Lipinski definition) is 3. The number of fused-ring (bicyclic) bond motifs is 1. The summed E-state index contributed by atoms with van der Waals surface area (Å²) in [4.78, 5) is 53.5. The molecule has 2 aromatic carbocycles. The highest BCUT2D eigenvalue weighted by atomic mass is 16.5. The van der Waals surface area contributed by atoms with Gasteiger partial charge in [-0.2, -0.15) is 0 Å². The minimum absolute atomic E-state index is 0.276. The van der Waals surface area contributed by atoms with E-state index in [9.17, 15) is 19.2 Å². The molecule has 190 valence electrons. The van der Waals surface area contributed by atoms with E-state index >= 15 is 0 Å². The van der Waals surface area contributed by atoms with E-state index in [1.54, 1.807) is 38.1 Å². The fourth-order valence-electron chi connectivity index (χ4n) is 4.40. The van der Waals surface area contributed by atoms with Gasteiger partial charge in [0.2, 0.25) is 0 Å². The number of esters is 2. The SMILES string of the molecule is COC(=O)c1ccc2c(c1)/C(=C/c1[nH]c(C)c(C(=O)N[C@@H](Cc3ccccc3)C(=O)OC)c1C)C(=O)N2. The highest BCUT2D eigenvalue weighted by Gasteiger charge is 2.28. The van der Waals surface area contributed by atoms with Gasteiger partial charge in [-0.1, -0.05) is 30.3 Å². The molecule has 3 N–H and O–H groups in total. The highest BCUT2D eigenvalue weighted by molar-refractivity contribution is 6.35. The molecule has 1 atom stereocenters. The second-order valence-corrected chi connectivity index (χ2v) is 8.67. The van der Waals surface area contributed by atoms with Crippen LogP contribution in [0.25, 0.3) is 11.6 Å². The standard InChI is InChI=1S/C28H27N3O6/c1-15-22(14-20-19-13-18(27(34)36-3)10-11-21(19)30-25(20)32)29-16(2)24(15)26(33)31-23(28(35)37-4)12-17-8-6-5-7-9-17/h5-11,13-14,23,29H,12H2,1-4H3,(H,30,32)(H,31,33)/b20-14-/t23-/m0/s1. The number of amides is 2. The van der Waals surface area contributed by atoms with Crippen LogP contribution in [-0.2, 0) is 25.5 Å². The van der Waals surface area contributed by atoms with E-state index in [0.29, 0.717) is 44.9 Å². The number of nitrogens with one attached hydrogen (secondary N) is 3. The van der Waals surface area contributed by atoms with E-state index in [4.69, 9.17) is 9.47 Å². The largest absolute Gasteiger partial charge is 0.467 e. The summed E-state index contributed by atoms with van der Waals surface area (Å²) in [6.45, 7) is 3.50. The average Bonchev–Trinajstić information content (AvgIpc) is 3.36. The minimum atomic E-state index is -0.875. The molecule has 2 amide bonds. The summed E-state index contributed by atoms with van der Waals surface area (Å²) in [6.07, 6.45) is 1.92. The zero-order valence-corrected chi connectivity index (χ0v) is 20.9. The maximum Gasteiger partial charge on any atom is 0.337 e. The minimum Gasteiger partial charge on any atom is -0.467 e. The summed E-state index contributed by atoms with van der Waals surface area (Å²) in [7, 11) is 2.57. The highest BCUT2D eigenvalue weighted by Crippen LogP contribution is 2.35. The molecule has 9 heteroatoms. The quantitative estimate of drug-likeness (QED) is 0.336. The van der Waals surface area contributed by atoms with Crippen LogP contribution in [0.1, 0.15) is 48.8 Å². The lowest BCUT2D eigenvalue weighted by atomic mass is 10.0. The van der Waals surface area contributed by atoms with Crippen LogP contribution >= 0.6 is 0 Å². The molecular formula is C28H27N3O6. The van der Waals surface area contributed by atoms with Gasteiger partial charge in [-0.25, -0.2) is 9.59 Å². The summed E-state index contributed by atoms with van der Waals surface area (Å²) >= 11 is 0. The Morgan fingerprint density at radius 1 is 1.03 bits per heavy atom. The van der Waals surface area contributed by atoms with Gasteiger partial charge in [0.25, 0.3) is 11.8 Å². The monoisotopic (exact) mass is 501 g/mol. The van der Waals surface area contributed by atoms with Gasteiger partial charge >= 0.3 is 11.9 Å². The first-order chi connectivity index (χ1) is 17.7. The summed E-state index contributed by atoms with van der Waals surface area (Å²) in [5.74, 6) is -1.83. The van der Waals surface area contributed by atoms with Gasteiger partial charge in [-0.3, -0.25) is 9.59 Å². The molecule has 0 saturated carbocycles. The second-order valence-electron chi connectivity index (χ2n) is 8.67. The number of ether oxygens (including phenoxy) is 2. The van der Waals surface area contributed by atoms with E-state index < -0.39 is 23.9 Å². The fourth-order valence-corrected chi connectivity index (χ4v) is 4.40. The van der Waals surface area contributed by atoms with Crippen LogP contribution in [0.15, 0.2) is 48.5 Å². The molecule has 0 bridgehead atoms. The smallest absolute Gasteiger partial charge is 0.337 e. The first kappa shape index (κ1) is 25.4. The molecule has 1 aliphatic rings. The van der Waals surface area contributed by atoms with Crippen molar-refractivity contribution in [1.82, 2.24) is 10.3 Å². The van der Waals surface area contributed by atoms with Crippen molar-refractivity contribution in [2.45, 2.75) is 26.3 Å². The Kier molecular flexibility index (Phi) is 7.24. The third-order valence-corrected chi connectivity index (χ3v) is 6.29. The van der Waals surface area contributed by atoms with Crippen molar-refractivity contribution in [3.63, 3.8) is 0 Å². The summed E-state index contributed by atoms with van der Waals surface area (Å²) in [5, 5.41) is 5.57. The van der Waals surface area contributed by atoms with Crippen molar-refractivity contribution >= 4 is 41.1 Å². The molecule has 0 unspecified atom stereocenters. The summed E-state index contributed by atoms with van der Waals surface area (Å²) in [5.41, 5.74) is 4.77.